The van der Waals surface area contributed by atoms with Crippen molar-refractivity contribution in [2.75, 3.05) is 18.1 Å². The van der Waals surface area contributed by atoms with Gasteiger partial charge in [0.15, 0.2) is 0 Å². The SMILES string of the molecule is CC(=O)OCC1=C(C(=O)O)N2C(=O)[C@H](NC(=O)CSc3ccon3)[C@@H]2SC1. The summed E-state index contributed by atoms with van der Waals surface area (Å²) in [5, 5.41) is 15.8. The number of carbonyl (C=O) groups is 4. The highest BCUT2D eigenvalue weighted by Gasteiger charge is 2.54. The number of nitrogens with zero attached hydrogens (tertiary/aromatic N) is 2. The first-order chi connectivity index (χ1) is 12.9. The number of rotatable bonds is 7. The second-order valence-electron chi connectivity index (χ2n) is 5.62. The molecular weight excluding hydrogens is 398 g/mol. The van der Waals surface area contributed by atoms with Crippen LogP contribution in [-0.4, -0.2) is 68.4 Å². The molecule has 2 N–H and O–H groups in total. The number of aromatic nitrogens is 1. The lowest BCUT2D eigenvalue weighted by Gasteiger charge is -2.49. The molecule has 10 nitrogen and oxygen atoms in total. The Balaban J connectivity index is 1.63. The number of fused-ring (bicyclic) bond motifs is 1. The number of carbonyl (C=O) groups excluding carboxylic acids is 3. The first kappa shape index (κ1) is 19.3. The summed E-state index contributed by atoms with van der Waals surface area (Å²) in [6.07, 6.45) is 1.39. The number of carboxylic acid groups (broad SMARTS) is 1. The Hall–Kier alpha value is -2.47. The number of hydrogen-bond donors (Lipinski definition) is 2. The van der Waals surface area contributed by atoms with Crippen molar-refractivity contribution in [3.05, 3.63) is 23.6 Å². The van der Waals surface area contributed by atoms with Crippen LogP contribution in [0.2, 0.25) is 0 Å². The number of thioether (sulfide) groups is 2. The van der Waals surface area contributed by atoms with Crippen LogP contribution in [0.15, 0.2) is 33.1 Å². The number of β-lactam (4-membered cyclic amide) rings is 1. The largest absolute Gasteiger partial charge is 0.477 e. The van der Waals surface area contributed by atoms with Gasteiger partial charge in [-0.25, -0.2) is 4.79 Å². The Kier molecular flexibility index (Phi) is 5.75. The van der Waals surface area contributed by atoms with Crippen molar-refractivity contribution in [3.63, 3.8) is 0 Å². The Morgan fingerprint density at radius 1 is 1.52 bits per heavy atom. The zero-order chi connectivity index (χ0) is 19.6. The van der Waals surface area contributed by atoms with E-state index in [9.17, 15) is 24.3 Å². The lowest BCUT2D eigenvalue weighted by molar-refractivity contribution is -0.150. The van der Waals surface area contributed by atoms with E-state index in [1.54, 1.807) is 6.07 Å². The van der Waals surface area contributed by atoms with E-state index in [4.69, 9.17) is 4.74 Å². The second kappa shape index (κ2) is 8.05. The minimum absolute atomic E-state index is 0.0486. The van der Waals surface area contributed by atoms with E-state index in [0.29, 0.717) is 10.6 Å². The Morgan fingerprint density at radius 2 is 2.30 bits per heavy atom. The average molecular weight is 413 g/mol. The van der Waals surface area contributed by atoms with Crippen LogP contribution in [0.1, 0.15) is 6.92 Å². The summed E-state index contributed by atoms with van der Waals surface area (Å²) in [4.78, 5) is 48.2. The molecular formula is C15H15N3O7S2. The van der Waals surface area contributed by atoms with Gasteiger partial charge in [-0.2, -0.15) is 0 Å². The van der Waals surface area contributed by atoms with Crippen LogP contribution in [0, 0.1) is 0 Å². The van der Waals surface area contributed by atoms with Gasteiger partial charge in [-0.05, 0) is 0 Å². The van der Waals surface area contributed by atoms with Crippen LogP contribution in [0.3, 0.4) is 0 Å². The van der Waals surface area contributed by atoms with E-state index in [1.165, 1.54) is 24.9 Å². The number of esters is 1. The van der Waals surface area contributed by atoms with Crippen LogP contribution < -0.4 is 5.32 Å². The molecule has 0 saturated carbocycles. The first-order valence-corrected chi connectivity index (χ1v) is 9.78. The molecule has 12 heteroatoms. The van der Waals surface area contributed by atoms with E-state index in [1.807, 2.05) is 0 Å². The standard InChI is InChI=1S/C15H15N3O7S2/c1-7(19)24-4-8-5-27-14-11(13(21)18(14)12(8)15(22)23)16-9(20)6-26-10-2-3-25-17-10/h2-3,11,14H,4-6H2,1H3,(H,16,20)(H,22,23)/t11-,14-/m0/s1. The normalized spacial score (nSPS) is 21.4. The molecule has 3 rings (SSSR count). The maximum Gasteiger partial charge on any atom is 0.352 e. The molecule has 0 unspecified atom stereocenters. The topological polar surface area (TPSA) is 139 Å². The van der Waals surface area contributed by atoms with Crippen LogP contribution in [0.4, 0.5) is 0 Å². The third-order valence-electron chi connectivity index (χ3n) is 3.78. The summed E-state index contributed by atoms with van der Waals surface area (Å²) in [7, 11) is 0. The number of aliphatic carboxylic acids is 1. The van der Waals surface area contributed by atoms with Crippen molar-refractivity contribution in [2.45, 2.75) is 23.4 Å². The lowest BCUT2D eigenvalue weighted by atomic mass is 10.0. The van der Waals surface area contributed by atoms with E-state index >= 15 is 0 Å². The summed E-state index contributed by atoms with van der Waals surface area (Å²) in [5.41, 5.74) is 0.158. The predicted octanol–water partition coefficient (Wildman–Crippen LogP) is 0.0684. The van der Waals surface area contributed by atoms with Gasteiger partial charge in [0.1, 0.15) is 35.0 Å². The van der Waals surface area contributed by atoms with Crippen LogP contribution in [0.25, 0.3) is 0 Å². The van der Waals surface area contributed by atoms with Crippen LogP contribution >= 0.6 is 23.5 Å². The number of amides is 2. The molecule has 2 aliphatic rings. The van der Waals surface area contributed by atoms with Crippen molar-refractivity contribution in [3.8, 4) is 0 Å². The molecule has 0 bridgehead atoms. The molecule has 144 valence electrons. The molecule has 0 aliphatic carbocycles. The number of nitrogens with one attached hydrogen (secondary N) is 1. The first-order valence-electron chi connectivity index (χ1n) is 7.74. The fourth-order valence-corrected chi connectivity index (χ4v) is 4.55. The second-order valence-corrected chi connectivity index (χ2v) is 7.72. The van der Waals surface area contributed by atoms with E-state index in [2.05, 4.69) is 15.0 Å². The van der Waals surface area contributed by atoms with Gasteiger partial charge in [-0.15, -0.1) is 11.8 Å². The fraction of sp³-hybridized carbons (Fsp3) is 0.400. The van der Waals surface area contributed by atoms with E-state index in [-0.39, 0.29) is 29.7 Å². The lowest BCUT2D eigenvalue weighted by Crippen LogP contribution is -2.70. The average Bonchev–Trinajstić information content (AvgIpc) is 3.15. The van der Waals surface area contributed by atoms with Gasteiger partial charge in [-0.3, -0.25) is 19.3 Å². The maximum atomic E-state index is 12.4. The van der Waals surface area contributed by atoms with Crippen molar-refractivity contribution >= 4 is 47.3 Å². The van der Waals surface area contributed by atoms with Crippen LogP contribution in [-0.2, 0) is 23.9 Å². The highest BCUT2D eigenvalue weighted by Crippen LogP contribution is 2.40. The minimum Gasteiger partial charge on any atom is -0.477 e. The molecule has 2 atom stereocenters. The third kappa shape index (κ3) is 4.11. The van der Waals surface area contributed by atoms with E-state index in [0.717, 1.165) is 16.7 Å². The quantitative estimate of drug-likeness (QED) is 0.358. The number of ether oxygens (including phenoxy) is 1. The molecule has 2 aliphatic heterocycles. The van der Waals surface area contributed by atoms with Crippen molar-refractivity contribution in [2.24, 2.45) is 0 Å². The number of carboxylic acids is 1. The summed E-state index contributed by atoms with van der Waals surface area (Å²) in [6.45, 7) is 1.03. The molecule has 1 aromatic rings. The summed E-state index contributed by atoms with van der Waals surface area (Å²) < 4.78 is 9.53. The number of hydrogen-bond acceptors (Lipinski definition) is 9. The Labute approximate surface area is 161 Å². The highest BCUT2D eigenvalue weighted by atomic mass is 32.2. The molecule has 27 heavy (non-hydrogen) atoms. The van der Waals surface area contributed by atoms with Crippen molar-refractivity contribution in [1.29, 1.82) is 0 Å². The van der Waals surface area contributed by atoms with E-state index < -0.39 is 29.3 Å². The minimum atomic E-state index is -1.28. The highest BCUT2D eigenvalue weighted by molar-refractivity contribution is 8.00. The third-order valence-corrected chi connectivity index (χ3v) is 6.03. The molecule has 1 saturated heterocycles. The van der Waals surface area contributed by atoms with Gasteiger partial charge in [0, 0.05) is 24.3 Å². The van der Waals surface area contributed by atoms with Crippen molar-refractivity contribution in [1.82, 2.24) is 15.4 Å². The summed E-state index contributed by atoms with van der Waals surface area (Å²) >= 11 is 2.46. The summed E-state index contributed by atoms with van der Waals surface area (Å²) in [5.74, 6) is -2.36. The van der Waals surface area contributed by atoms with Gasteiger partial charge in [0.2, 0.25) is 5.91 Å². The zero-order valence-electron chi connectivity index (χ0n) is 14.0. The van der Waals surface area contributed by atoms with Gasteiger partial charge < -0.3 is 19.7 Å². The fourth-order valence-electron chi connectivity index (χ4n) is 2.61. The molecule has 0 radical (unpaired) electrons. The van der Waals surface area contributed by atoms with Crippen molar-refractivity contribution < 1.29 is 33.5 Å². The molecule has 3 heterocycles. The molecule has 2 amide bonds. The maximum absolute atomic E-state index is 12.4. The monoisotopic (exact) mass is 413 g/mol. The smallest absolute Gasteiger partial charge is 0.352 e. The molecule has 1 fully saturated rings. The van der Waals surface area contributed by atoms with Crippen LogP contribution in [0.5, 0.6) is 0 Å². The summed E-state index contributed by atoms with van der Waals surface area (Å²) in [6, 6.07) is 0.810. The van der Waals surface area contributed by atoms with Gasteiger partial charge in [0.25, 0.3) is 5.91 Å². The molecule has 1 aromatic heterocycles. The van der Waals surface area contributed by atoms with Gasteiger partial charge >= 0.3 is 11.9 Å². The van der Waals surface area contributed by atoms with Gasteiger partial charge in [0.05, 0.1) is 5.75 Å². The molecule has 0 aromatic carbocycles. The predicted molar refractivity (Wildman–Crippen MR) is 93.5 cm³/mol. The Morgan fingerprint density at radius 3 is 2.93 bits per heavy atom. The molecule has 0 spiro atoms. The Bertz CT molecular complexity index is 808. The van der Waals surface area contributed by atoms with Gasteiger partial charge in [-0.1, -0.05) is 16.9 Å². The zero-order valence-corrected chi connectivity index (χ0v) is 15.7.